The summed E-state index contributed by atoms with van der Waals surface area (Å²) in [6, 6.07) is 21.6. The topological polar surface area (TPSA) is 32.3 Å². The zero-order valence-corrected chi connectivity index (χ0v) is 13.9. The fraction of sp³-hybridized carbons (Fsp3) is 0.381. The number of carbonyl (C=O) groups excluding carboxylic acids is 1. The lowest BCUT2D eigenvalue weighted by atomic mass is 9.77. The van der Waals surface area contributed by atoms with Crippen LogP contribution in [0, 0.1) is 5.41 Å². The van der Waals surface area contributed by atoms with E-state index in [1.165, 1.54) is 11.1 Å². The van der Waals surface area contributed by atoms with E-state index in [-0.39, 0.29) is 17.4 Å². The average molecular weight is 320 g/mol. The second kappa shape index (κ2) is 6.40. The number of piperidine rings is 1. The third-order valence-corrected chi connectivity index (χ3v) is 5.57. The number of rotatable bonds is 3. The van der Waals surface area contributed by atoms with Crippen LogP contribution in [0.3, 0.4) is 0 Å². The Morgan fingerprint density at radius 1 is 0.917 bits per heavy atom. The molecule has 0 saturated carbocycles. The molecule has 1 atom stereocenters. The summed E-state index contributed by atoms with van der Waals surface area (Å²) in [7, 11) is 0. The third kappa shape index (κ3) is 2.73. The number of likely N-dealkylation sites (tertiary alicyclic amines) is 1. The molecule has 124 valence electrons. The Morgan fingerprint density at radius 2 is 1.54 bits per heavy atom. The molecule has 2 aliphatic heterocycles. The minimum Gasteiger partial charge on any atom is -0.356 e. The summed E-state index contributed by atoms with van der Waals surface area (Å²) in [5.74, 6) is 0.257. The molecule has 1 N–H and O–H groups in total. The maximum absolute atomic E-state index is 12.5. The minimum atomic E-state index is -0.180. The number of nitrogens with zero attached hydrogens (tertiary/aromatic N) is 1. The predicted molar refractivity (Wildman–Crippen MR) is 95.6 cm³/mol. The molecule has 1 spiro atoms. The van der Waals surface area contributed by atoms with Gasteiger partial charge in [0.15, 0.2) is 0 Å². The monoisotopic (exact) mass is 320 g/mol. The van der Waals surface area contributed by atoms with E-state index in [4.69, 9.17) is 0 Å². The van der Waals surface area contributed by atoms with E-state index in [1.807, 2.05) is 0 Å². The van der Waals surface area contributed by atoms with E-state index in [9.17, 15) is 4.79 Å². The molecule has 24 heavy (non-hydrogen) atoms. The predicted octanol–water partition coefficient (Wildman–Crippen LogP) is 3.38. The zero-order chi connectivity index (χ0) is 16.4. The van der Waals surface area contributed by atoms with Crippen LogP contribution in [0.25, 0.3) is 0 Å². The SMILES string of the molecule is O=C1NCCC12CCCN(C(c1ccccc1)c1ccccc1)C2. The second-order valence-electron chi connectivity index (χ2n) is 7.08. The molecule has 1 amide bonds. The molecule has 0 aliphatic carbocycles. The van der Waals surface area contributed by atoms with Crippen LogP contribution in [-0.4, -0.2) is 30.4 Å². The largest absolute Gasteiger partial charge is 0.356 e. The highest BCUT2D eigenvalue weighted by Gasteiger charge is 2.46. The van der Waals surface area contributed by atoms with Gasteiger partial charge in [0, 0.05) is 13.1 Å². The molecule has 2 fully saturated rings. The molecule has 0 bridgehead atoms. The Labute approximate surface area is 143 Å². The van der Waals surface area contributed by atoms with Crippen molar-refractivity contribution >= 4 is 5.91 Å². The number of amides is 1. The maximum atomic E-state index is 12.5. The first-order chi connectivity index (χ1) is 11.8. The van der Waals surface area contributed by atoms with Gasteiger partial charge in [0.05, 0.1) is 11.5 Å². The van der Waals surface area contributed by atoms with Crippen molar-refractivity contribution in [3.05, 3.63) is 71.8 Å². The molecule has 4 rings (SSSR count). The van der Waals surface area contributed by atoms with Gasteiger partial charge in [-0.1, -0.05) is 60.7 Å². The van der Waals surface area contributed by atoms with Crippen LogP contribution in [0.15, 0.2) is 60.7 Å². The smallest absolute Gasteiger partial charge is 0.227 e. The van der Waals surface area contributed by atoms with Gasteiger partial charge in [-0.3, -0.25) is 9.69 Å². The van der Waals surface area contributed by atoms with Gasteiger partial charge in [-0.2, -0.15) is 0 Å². The molecule has 2 aliphatic rings. The number of hydrogen-bond acceptors (Lipinski definition) is 2. The van der Waals surface area contributed by atoms with Crippen LogP contribution in [0.5, 0.6) is 0 Å². The number of hydrogen-bond donors (Lipinski definition) is 1. The number of benzene rings is 2. The van der Waals surface area contributed by atoms with E-state index in [1.54, 1.807) is 0 Å². The lowest BCUT2D eigenvalue weighted by Gasteiger charge is -2.42. The van der Waals surface area contributed by atoms with Crippen molar-refractivity contribution in [2.45, 2.75) is 25.3 Å². The average Bonchev–Trinajstić information content (AvgIpc) is 2.97. The Morgan fingerprint density at radius 3 is 2.08 bits per heavy atom. The van der Waals surface area contributed by atoms with Crippen molar-refractivity contribution in [3.63, 3.8) is 0 Å². The van der Waals surface area contributed by atoms with Gasteiger partial charge < -0.3 is 5.32 Å². The number of carbonyl (C=O) groups is 1. The molecule has 3 heteroatoms. The fourth-order valence-electron chi connectivity index (χ4n) is 4.38. The Hall–Kier alpha value is -2.13. The lowest BCUT2D eigenvalue weighted by Crippen LogP contribution is -2.48. The molecule has 2 heterocycles. The van der Waals surface area contributed by atoms with Crippen LogP contribution >= 0.6 is 0 Å². The summed E-state index contributed by atoms with van der Waals surface area (Å²) in [6.45, 7) is 2.73. The quantitative estimate of drug-likeness (QED) is 0.940. The minimum absolute atomic E-state index is 0.180. The van der Waals surface area contributed by atoms with E-state index in [0.29, 0.717) is 0 Å². The maximum Gasteiger partial charge on any atom is 0.227 e. The van der Waals surface area contributed by atoms with E-state index >= 15 is 0 Å². The highest BCUT2D eigenvalue weighted by molar-refractivity contribution is 5.85. The van der Waals surface area contributed by atoms with E-state index in [2.05, 4.69) is 70.9 Å². The van der Waals surface area contributed by atoms with Crippen LogP contribution < -0.4 is 5.32 Å². The molecule has 1 unspecified atom stereocenters. The molecule has 2 saturated heterocycles. The van der Waals surface area contributed by atoms with Crippen LogP contribution in [-0.2, 0) is 4.79 Å². The van der Waals surface area contributed by atoms with Gasteiger partial charge in [0.1, 0.15) is 0 Å². The Kier molecular flexibility index (Phi) is 4.11. The summed E-state index contributed by atoms with van der Waals surface area (Å²) in [4.78, 5) is 15.0. The van der Waals surface area contributed by atoms with E-state index < -0.39 is 0 Å². The van der Waals surface area contributed by atoms with E-state index in [0.717, 1.165) is 38.9 Å². The second-order valence-corrected chi connectivity index (χ2v) is 7.08. The van der Waals surface area contributed by atoms with Crippen LogP contribution in [0.1, 0.15) is 36.4 Å². The van der Waals surface area contributed by atoms with Crippen molar-refractivity contribution in [1.82, 2.24) is 10.2 Å². The van der Waals surface area contributed by atoms with Gasteiger partial charge in [0.2, 0.25) is 5.91 Å². The van der Waals surface area contributed by atoms with Crippen molar-refractivity contribution in [2.24, 2.45) is 5.41 Å². The zero-order valence-electron chi connectivity index (χ0n) is 13.9. The molecule has 2 aromatic rings. The highest BCUT2D eigenvalue weighted by atomic mass is 16.2. The van der Waals surface area contributed by atoms with Crippen molar-refractivity contribution in [2.75, 3.05) is 19.6 Å². The highest BCUT2D eigenvalue weighted by Crippen LogP contribution is 2.41. The Balaban J connectivity index is 1.70. The summed E-state index contributed by atoms with van der Waals surface area (Å²) < 4.78 is 0. The van der Waals surface area contributed by atoms with Crippen molar-refractivity contribution in [3.8, 4) is 0 Å². The van der Waals surface area contributed by atoms with Crippen LogP contribution in [0.4, 0.5) is 0 Å². The van der Waals surface area contributed by atoms with Gasteiger partial charge >= 0.3 is 0 Å². The normalized spacial score (nSPS) is 24.5. The standard InChI is InChI=1S/C21H24N2O/c24-20-21(13-14-22-20)12-7-15-23(16-21)19(17-8-3-1-4-9-17)18-10-5-2-6-11-18/h1-6,8-11,19H,7,12-16H2,(H,22,24). The summed E-state index contributed by atoms with van der Waals surface area (Å²) >= 11 is 0. The molecule has 0 radical (unpaired) electrons. The molecular formula is C21H24N2O. The van der Waals surface area contributed by atoms with Crippen molar-refractivity contribution in [1.29, 1.82) is 0 Å². The first-order valence-electron chi connectivity index (χ1n) is 8.91. The first kappa shape index (κ1) is 15.4. The van der Waals surface area contributed by atoms with Gasteiger partial charge in [-0.15, -0.1) is 0 Å². The lowest BCUT2D eigenvalue weighted by molar-refractivity contribution is -0.130. The van der Waals surface area contributed by atoms with Gasteiger partial charge in [-0.25, -0.2) is 0 Å². The molecule has 3 nitrogen and oxygen atoms in total. The molecule has 0 aromatic heterocycles. The van der Waals surface area contributed by atoms with Gasteiger partial charge in [-0.05, 0) is 36.9 Å². The third-order valence-electron chi connectivity index (χ3n) is 5.57. The van der Waals surface area contributed by atoms with Crippen molar-refractivity contribution < 1.29 is 4.79 Å². The van der Waals surface area contributed by atoms with Crippen LogP contribution in [0.2, 0.25) is 0 Å². The molecular weight excluding hydrogens is 296 g/mol. The number of nitrogens with one attached hydrogen (secondary N) is 1. The Bertz CT molecular complexity index is 661. The van der Waals surface area contributed by atoms with Gasteiger partial charge in [0.25, 0.3) is 0 Å². The summed E-state index contributed by atoms with van der Waals surface area (Å²) in [5, 5.41) is 3.05. The fourth-order valence-corrected chi connectivity index (χ4v) is 4.38. The first-order valence-corrected chi connectivity index (χ1v) is 8.91. The summed E-state index contributed by atoms with van der Waals surface area (Å²) in [5.41, 5.74) is 2.43. The summed E-state index contributed by atoms with van der Waals surface area (Å²) in [6.07, 6.45) is 3.08. The molecule has 2 aromatic carbocycles.